The largest absolute Gasteiger partial charge is 0.430 e. The Labute approximate surface area is 92.1 Å². The van der Waals surface area contributed by atoms with Crippen molar-refractivity contribution in [2.75, 3.05) is 5.33 Å². The molecule has 1 amide bonds. The smallest absolute Gasteiger partial charge is 0.352 e. The molecule has 2 heterocycles. The third-order valence-corrected chi connectivity index (χ3v) is 3.39. The fourth-order valence-electron chi connectivity index (χ4n) is 2.22. The zero-order valence-electron chi connectivity index (χ0n) is 8.04. The molecule has 0 saturated carbocycles. The van der Waals surface area contributed by atoms with Gasteiger partial charge in [-0.1, -0.05) is 22.4 Å². The molecule has 2 saturated heterocycles. The summed E-state index contributed by atoms with van der Waals surface area (Å²) in [5, 5.41) is 0.939. The van der Waals surface area contributed by atoms with E-state index in [1.54, 1.807) is 0 Å². The summed E-state index contributed by atoms with van der Waals surface area (Å²) in [4.78, 5) is 18.2. The minimum Gasteiger partial charge on any atom is -0.352 e. The van der Waals surface area contributed by atoms with Crippen molar-refractivity contribution in [1.29, 1.82) is 0 Å². The molecule has 2 fully saturated rings. The van der Waals surface area contributed by atoms with Gasteiger partial charge >= 0.3 is 6.09 Å². The van der Waals surface area contributed by atoms with E-state index in [1.165, 1.54) is 12.8 Å². The van der Waals surface area contributed by atoms with Crippen LogP contribution in [0.1, 0.15) is 32.1 Å². The molecule has 1 unspecified atom stereocenters. The number of nitrogens with zero attached hydrogens (tertiary/aromatic N) is 1. The number of hydrogen-bond donors (Lipinski definition) is 1. The summed E-state index contributed by atoms with van der Waals surface area (Å²) in [6.07, 6.45) is 5.39. The number of hydrogen-bond acceptors (Lipinski definition) is 3. The van der Waals surface area contributed by atoms with Gasteiger partial charge in [-0.25, -0.2) is 4.79 Å². The minimum absolute atomic E-state index is 0.106. The van der Waals surface area contributed by atoms with Gasteiger partial charge < -0.3 is 4.84 Å². The van der Waals surface area contributed by atoms with E-state index < -0.39 is 0 Å². The van der Waals surface area contributed by atoms with Crippen LogP contribution in [0.5, 0.6) is 0 Å². The number of alkyl halides is 1. The molecule has 0 radical (unpaired) electrons. The standard InChI is InChI=1S/C9H15BrN2O2/c10-6-5-7-3-1-2-4-8-11-14-9(13)12(7)8/h7-8,11H,1-6H2/t7-,8?/m1/s1. The molecular weight excluding hydrogens is 248 g/mol. The summed E-state index contributed by atoms with van der Waals surface area (Å²) in [6, 6.07) is 0.337. The maximum Gasteiger partial charge on any atom is 0.430 e. The van der Waals surface area contributed by atoms with Crippen molar-refractivity contribution >= 4 is 22.0 Å². The van der Waals surface area contributed by atoms with E-state index in [2.05, 4.69) is 21.4 Å². The molecule has 14 heavy (non-hydrogen) atoms. The molecule has 0 aromatic heterocycles. The fraction of sp³-hybridized carbons (Fsp3) is 0.889. The Morgan fingerprint density at radius 1 is 1.50 bits per heavy atom. The van der Waals surface area contributed by atoms with E-state index in [9.17, 15) is 4.79 Å². The van der Waals surface area contributed by atoms with Gasteiger partial charge in [0.05, 0.1) is 0 Å². The predicted molar refractivity (Wildman–Crippen MR) is 55.9 cm³/mol. The molecule has 2 aliphatic rings. The van der Waals surface area contributed by atoms with Crippen LogP contribution in [0.3, 0.4) is 0 Å². The molecule has 2 atom stereocenters. The highest BCUT2D eigenvalue weighted by atomic mass is 79.9. The van der Waals surface area contributed by atoms with Gasteiger partial charge in [0.15, 0.2) is 0 Å². The molecule has 0 aromatic rings. The van der Waals surface area contributed by atoms with Crippen LogP contribution in [0.15, 0.2) is 0 Å². The summed E-state index contributed by atoms with van der Waals surface area (Å²) in [6.45, 7) is 0. The van der Waals surface area contributed by atoms with E-state index in [1.807, 2.05) is 4.90 Å². The Morgan fingerprint density at radius 3 is 3.07 bits per heavy atom. The van der Waals surface area contributed by atoms with Gasteiger partial charge in [0.1, 0.15) is 6.17 Å². The zero-order valence-corrected chi connectivity index (χ0v) is 9.63. The van der Waals surface area contributed by atoms with Crippen LogP contribution in [-0.2, 0) is 4.84 Å². The molecule has 5 heteroatoms. The van der Waals surface area contributed by atoms with Crippen LogP contribution >= 0.6 is 15.9 Å². The number of fused-ring (bicyclic) bond motifs is 1. The Balaban J connectivity index is 2.09. The van der Waals surface area contributed by atoms with Crippen molar-refractivity contribution in [2.24, 2.45) is 0 Å². The van der Waals surface area contributed by atoms with Crippen LogP contribution in [0, 0.1) is 0 Å². The molecule has 1 N–H and O–H groups in total. The third kappa shape index (κ3) is 1.88. The summed E-state index contributed by atoms with van der Waals surface area (Å²) in [5.74, 6) is 0. The molecule has 80 valence electrons. The summed E-state index contributed by atoms with van der Waals surface area (Å²) < 4.78 is 0. The Hall–Kier alpha value is -0.290. The molecule has 4 nitrogen and oxygen atoms in total. The molecule has 0 bridgehead atoms. The zero-order chi connectivity index (χ0) is 9.97. The lowest BCUT2D eigenvalue weighted by Gasteiger charge is -2.26. The number of rotatable bonds is 2. The van der Waals surface area contributed by atoms with Crippen molar-refractivity contribution in [3.05, 3.63) is 0 Å². The predicted octanol–water partition coefficient (Wildman–Crippen LogP) is 2.00. The van der Waals surface area contributed by atoms with Gasteiger partial charge in [-0.15, -0.1) is 5.48 Å². The number of carbonyl (C=O) groups is 1. The van der Waals surface area contributed by atoms with Crippen LogP contribution < -0.4 is 5.48 Å². The highest BCUT2D eigenvalue weighted by Gasteiger charge is 2.38. The summed E-state index contributed by atoms with van der Waals surface area (Å²) in [7, 11) is 0. The fourth-order valence-corrected chi connectivity index (χ4v) is 2.75. The molecule has 0 aliphatic carbocycles. The number of hydroxylamine groups is 1. The first kappa shape index (κ1) is 10.2. The van der Waals surface area contributed by atoms with Crippen molar-refractivity contribution in [1.82, 2.24) is 10.4 Å². The summed E-state index contributed by atoms with van der Waals surface area (Å²) in [5.41, 5.74) is 2.80. The third-order valence-electron chi connectivity index (χ3n) is 2.93. The highest BCUT2D eigenvalue weighted by Crippen LogP contribution is 2.26. The van der Waals surface area contributed by atoms with Crippen LogP contribution in [0.25, 0.3) is 0 Å². The first-order valence-corrected chi connectivity index (χ1v) is 6.25. The highest BCUT2D eigenvalue weighted by molar-refractivity contribution is 9.09. The van der Waals surface area contributed by atoms with Gasteiger partial charge in [0.2, 0.25) is 0 Å². The van der Waals surface area contributed by atoms with Crippen LogP contribution in [0.2, 0.25) is 0 Å². The summed E-state index contributed by atoms with van der Waals surface area (Å²) >= 11 is 3.43. The molecule has 2 aliphatic heterocycles. The average molecular weight is 263 g/mol. The second kappa shape index (κ2) is 4.49. The molecule has 2 rings (SSSR count). The van der Waals surface area contributed by atoms with E-state index in [0.717, 1.165) is 24.6 Å². The lowest BCUT2D eigenvalue weighted by atomic mass is 10.1. The van der Waals surface area contributed by atoms with Crippen molar-refractivity contribution in [3.8, 4) is 0 Å². The van der Waals surface area contributed by atoms with E-state index >= 15 is 0 Å². The maximum absolute atomic E-state index is 11.5. The van der Waals surface area contributed by atoms with Crippen molar-refractivity contribution in [2.45, 2.75) is 44.3 Å². The van der Waals surface area contributed by atoms with E-state index in [0.29, 0.717) is 6.04 Å². The number of amides is 1. The second-order valence-corrected chi connectivity index (χ2v) is 4.62. The lowest BCUT2D eigenvalue weighted by molar-refractivity contribution is 0.117. The van der Waals surface area contributed by atoms with Crippen LogP contribution in [0.4, 0.5) is 4.79 Å². The van der Waals surface area contributed by atoms with Gasteiger partial charge in [0, 0.05) is 11.4 Å². The lowest BCUT2D eigenvalue weighted by Crippen LogP contribution is -2.43. The Morgan fingerprint density at radius 2 is 2.29 bits per heavy atom. The monoisotopic (exact) mass is 262 g/mol. The average Bonchev–Trinajstić information content (AvgIpc) is 2.43. The minimum atomic E-state index is -0.206. The SMILES string of the molecule is O=C1ONC2CCCC[C@H](CCBr)N12. The number of halogens is 1. The normalized spacial score (nSPS) is 32.4. The van der Waals surface area contributed by atoms with E-state index in [-0.39, 0.29) is 12.3 Å². The Kier molecular flexibility index (Phi) is 3.28. The topological polar surface area (TPSA) is 41.6 Å². The maximum atomic E-state index is 11.5. The molecule has 0 spiro atoms. The number of nitrogens with one attached hydrogen (secondary N) is 1. The second-order valence-electron chi connectivity index (χ2n) is 3.82. The van der Waals surface area contributed by atoms with Gasteiger partial charge in [-0.2, -0.15) is 0 Å². The van der Waals surface area contributed by atoms with E-state index in [4.69, 9.17) is 4.84 Å². The molecular formula is C9H15BrN2O2. The molecule has 0 aromatic carbocycles. The van der Waals surface area contributed by atoms with Gasteiger partial charge in [-0.3, -0.25) is 4.90 Å². The first-order valence-electron chi connectivity index (χ1n) is 5.13. The van der Waals surface area contributed by atoms with Crippen LogP contribution in [-0.4, -0.2) is 28.5 Å². The Bertz CT molecular complexity index is 225. The van der Waals surface area contributed by atoms with Gasteiger partial charge in [-0.05, 0) is 25.7 Å². The number of carbonyl (C=O) groups excluding carboxylic acids is 1. The van der Waals surface area contributed by atoms with Gasteiger partial charge in [0.25, 0.3) is 0 Å². The first-order chi connectivity index (χ1) is 6.83. The van der Waals surface area contributed by atoms with Crippen molar-refractivity contribution < 1.29 is 9.63 Å². The van der Waals surface area contributed by atoms with Crippen molar-refractivity contribution in [3.63, 3.8) is 0 Å². The quantitative estimate of drug-likeness (QED) is 0.775.